The number of ether oxygens (including phenoxy) is 1. The van der Waals surface area contributed by atoms with Crippen LogP contribution in [0, 0.1) is 0 Å². The minimum absolute atomic E-state index is 0.156. The van der Waals surface area contributed by atoms with E-state index in [4.69, 9.17) is 9.15 Å². The molecule has 0 bridgehead atoms. The highest BCUT2D eigenvalue weighted by atomic mass is 32.1. The van der Waals surface area contributed by atoms with Gasteiger partial charge in [0, 0.05) is 7.05 Å². The zero-order valence-corrected chi connectivity index (χ0v) is 18.0. The van der Waals surface area contributed by atoms with Crippen LogP contribution in [0.2, 0.25) is 0 Å². The van der Waals surface area contributed by atoms with E-state index in [-0.39, 0.29) is 30.4 Å². The number of nitrogens with zero attached hydrogens (tertiary/aromatic N) is 2. The van der Waals surface area contributed by atoms with Crippen LogP contribution in [-0.2, 0) is 13.2 Å². The van der Waals surface area contributed by atoms with Gasteiger partial charge < -0.3 is 19.0 Å². The summed E-state index contributed by atoms with van der Waals surface area (Å²) in [4.78, 5) is 33.5. The van der Waals surface area contributed by atoms with Crippen molar-refractivity contribution in [2.45, 2.75) is 13.2 Å². The van der Waals surface area contributed by atoms with E-state index in [1.807, 2.05) is 47.8 Å². The number of nitrogens with one attached hydrogen (secondary N) is 1. The predicted octanol–water partition coefficient (Wildman–Crippen LogP) is 4.58. The summed E-state index contributed by atoms with van der Waals surface area (Å²) >= 11 is 1.34. The number of furan rings is 1. The van der Waals surface area contributed by atoms with Gasteiger partial charge in [-0.3, -0.25) is 9.59 Å². The maximum Gasteiger partial charge on any atom is 0.289 e. The third-order valence-electron chi connectivity index (χ3n) is 5.07. The normalized spacial score (nSPS) is 11.2. The Labute approximate surface area is 186 Å². The van der Waals surface area contributed by atoms with Crippen LogP contribution in [0.3, 0.4) is 0 Å². The molecule has 2 aromatic carbocycles. The molecule has 0 fully saturated rings. The molecular formula is C24H19N3O4S. The molecule has 5 aromatic rings. The monoisotopic (exact) mass is 445 g/mol. The zero-order valence-electron chi connectivity index (χ0n) is 17.2. The molecule has 0 unspecified atom stereocenters. The van der Waals surface area contributed by atoms with Crippen LogP contribution in [0.1, 0.15) is 22.1 Å². The Balaban J connectivity index is 1.24. The second-order valence-corrected chi connectivity index (χ2v) is 8.29. The van der Waals surface area contributed by atoms with Gasteiger partial charge in [-0.25, -0.2) is 4.98 Å². The van der Waals surface area contributed by atoms with E-state index in [2.05, 4.69) is 9.97 Å². The van der Waals surface area contributed by atoms with Gasteiger partial charge in [-0.2, -0.15) is 0 Å². The summed E-state index contributed by atoms with van der Waals surface area (Å²) in [6.45, 7) is 0.364. The van der Waals surface area contributed by atoms with Crippen LogP contribution in [0.4, 0.5) is 0 Å². The summed E-state index contributed by atoms with van der Waals surface area (Å²) in [5, 5.41) is 4.05. The third kappa shape index (κ3) is 4.00. The summed E-state index contributed by atoms with van der Waals surface area (Å²) in [5.41, 5.74) is 0.424. The maximum absolute atomic E-state index is 12.8. The quantitative estimate of drug-likeness (QED) is 0.413. The first-order valence-electron chi connectivity index (χ1n) is 9.99. The van der Waals surface area contributed by atoms with Crippen molar-refractivity contribution >= 4 is 38.2 Å². The lowest BCUT2D eigenvalue weighted by Crippen LogP contribution is -2.28. The molecule has 0 saturated carbocycles. The number of rotatable bonds is 6. The van der Waals surface area contributed by atoms with E-state index in [1.165, 1.54) is 16.2 Å². The predicted molar refractivity (Wildman–Crippen MR) is 123 cm³/mol. The fourth-order valence-electron chi connectivity index (χ4n) is 3.46. The minimum atomic E-state index is -0.310. The molecule has 3 heterocycles. The Hall–Kier alpha value is -3.91. The molecule has 0 spiro atoms. The van der Waals surface area contributed by atoms with Gasteiger partial charge in [-0.15, -0.1) is 11.3 Å². The smallest absolute Gasteiger partial charge is 0.289 e. The number of amides is 1. The molecule has 7 nitrogen and oxygen atoms in total. The Morgan fingerprint density at radius 3 is 2.84 bits per heavy atom. The number of benzene rings is 2. The first-order valence-corrected chi connectivity index (χ1v) is 10.9. The van der Waals surface area contributed by atoms with Crippen molar-refractivity contribution in [1.82, 2.24) is 14.9 Å². The molecule has 160 valence electrons. The number of hydrogen-bond acceptors (Lipinski definition) is 6. The lowest BCUT2D eigenvalue weighted by Gasteiger charge is -2.15. The Morgan fingerprint density at radius 1 is 1.12 bits per heavy atom. The number of aromatic nitrogens is 2. The van der Waals surface area contributed by atoms with E-state index in [0.717, 1.165) is 16.5 Å². The Kier molecular flexibility index (Phi) is 5.20. The van der Waals surface area contributed by atoms with Crippen molar-refractivity contribution in [3.63, 3.8) is 0 Å². The number of carbonyl (C=O) groups is 1. The molecule has 0 aliphatic rings. The fourth-order valence-corrected chi connectivity index (χ4v) is 4.19. The number of fused-ring (bicyclic) bond motifs is 2. The lowest BCUT2D eigenvalue weighted by atomic mass is 10.1. The minimum Gasteiger partial charge on any atom is -0.486 e. The number of carbonyl (C=O) groups excluding carboxylic acids is 1. The van der Waals surface area contributed by atoms with E-state index in [0.29, 0.717) is 21.8 Å². The fraction of sp³-hybridized carbons (Fsp3) is 0.125. The van der Waals surface area contributed by atoms with Gasteiger partial charge >= 0.3 is 0 Å². The number of aromatic amines is 1. The highest BCUT2D eigenvalue weighted by Gasteiger charge is 2.18. The van der Waals surface area contributed by atoms with Crippen molar-refractivity contribution in [3.8, 4) is 5.75 Å². The highest BCUT2D eigenvalue weighted by Crippen LogP contribution is 2.22. The molecule has 1 amide bonds. The van der Waals surface area contributed by atoms with Crippen LogP contribution < -0.4 is 10.3 Å². The van der Waals surface area contributed by atoms with Crippen molar-refractivity contribution in [2.24, 2.45) is 0 Å². The summed E-state index contributed by atoms with van der Waals surface area (Å²) in [6.07, 6.45) is 0. The first kappa shape index (κ1) is 20.0. The van der Waals surface area contributed by atoms with Gasteiger partial charge in [0.25, 0.3) is 11.5 Å². The average Bonchev–Trinajstić information content (AvgIpc) is 3.47. The molecule has 5 rings (SSSR count). The van der Waals surface area contributed by atoms with Gasteiger partial charge in [0.15, 0.2) is 5.76 Å². The Bertz CT molecular complexity index is 1480. The summed E-state index contributed by atoms with van der Waals surface area (Å²) < 4.78 is 12.1. The van der Waals surface area contributed by atoms with E-state index in [9.17, 15) is 9.59 Å². The summed E-state index contributed by atoms with van der Waals surface area (Å²) in [6, 6.07) is 19.1. The number of hydrogen-bond donors (Lipinski definition) is 1. The molecule has 0 saturated heterocycles. The maximum atomic E-state index is 12.8. The average molecular weight is 446 g/mol. The van der Waals surface area contributed by atoms with Crippen molar-refractivity contribution in [3.05, 3.63) is 93.7 Å². The van der Waals surface area contributed by atoms with Crippen molar-refractivity contribution < 1.29 is 13.9 Å². The van der Waals surface area contributed by atoms with Crippen LogP contribution in [0.15, 0.2) is 75.3 Å². The largest absolute Gasteiger partial charge is 0.486 e. The molecule has 0 radical (unpaired) electrons. The molecule has 0 aliphatic carbocycles. The van der Waals surface area contributed by atoms with Gasteiger partial charge in [-0.1, -0.05) is 30.3 Å². The molecule has 8 heteroatoms. The SMILES string of the molecule is CN(Cc1nc2ccsc2c(=O)[nH]1)C(=O)c1ccc(COc2ccc3ccccc3c2)o1. The number of thiophene rings is 1. The topological polar surface area (TPSA) is 88.4 Å². The summed E-state index contributed by atoms with van der Waals surface area (Å²) in [7, 11) is 1.63. The van der Waals surface area contributed by atoms with Crippen molar-refractivity contribution in [2.75, 3.05) is 7.05 Å². The van der Waals surface area contributed by atoms with Gasteiger partial charge in [0.05, 0.1) is 12.1 Å². The van der Waals surface area contributed by atoms with E-state index in [1.54, 1.807) is 25.2 Å². The van der Waals surface area contributed by atoms with Crippen LogP contribution in [0.25, 0.3) is 21.0 Å². The van der Waals surface area contributed by atoms with Crippen molar-refractivity contribution in [1.29, 1.82) is 0 Å². The second-order valence-electron chi connectivity index (χ2n) is 7.37. The van der Waals surface area contributed by atoms with Gasteiger partial charge in [0.1, 0.15) is 28.6 Å². The molecule has 3 aromatic heterocycles. The van der Waals surface area contributed by atoms with Crippen LogP contribution in [0.5, 0.6) is 5.75 Å². The third-order valence-corrected chi connectivity index (χ3v) is 5.97. The van der Waals surface area contributed by atoms with E-state index >= 15 is 0 Å². The van der Waals surface area contributed by atoms with Gasteiger partial charge in [0.2, 0.25) is 0 Å². The van der Waals surface area contributed by atoms with E-state index < -0.39 is 0 Å². The molecule has 0 atom stereocenters. The van der Waals surface area contributed by atoms with Gasteiger partial charge in [-0.05, 0) is 46.5 Å². The standard InChI is InChI=1S/C24H19N3O4S/c1-27(13-21-25-19-10-11-32-22(19)23(28)26-21)24(29)20-9-8-18(31-20)14-30-17-7-6-15-4-2-3-5-16(15)12-17/h2-12H,13-14H2,1H3,(H,25,26,28). The Morgan fingerprint density at radius 2 is 1.97 bits per heavy atom. The van der Waals surface area contributed by atoms with Crippen LogP contribution in [-0.4, -0.2) is 27.8 Å². The number of H-pyrrole nitrogens is 1. The molecule has 0 aliphatic heterocycles. The first-order chi connectivity index (χ1) is 15.6. The lowest BCUT2D eigenvalue weighted by molar-refractivity contribution is 0.0745. The molecule has 32 heavy (non-hydrogen) atoms. The molecular weight excluding hydrogens is 426 g/mol. The van der Waals surface area contributed by atoms with Crippen LogP contribution >= 0.6 is 11.3 Å². The summed E-state index contributed by atoms with van der Waals surface area (Å²) in [5.74, 6) is 1.58. The second kappa shape index (κ2) is 8.32. The highest BCUT2D eigenvalue weighted by molar-refractivity contribution is 7.17. The molecule has 1 N–H and O–H groups in total. The zero-order chi connectivity index (χ0) is 22.1.